The van der Waals surface area contributed by atoms with Crippen LogP contribution in [0.25, 0.3) is 0 Å². The van der Waals surface area contributed by atoms with Gasteiger partial charge in [-0.05, 0) is 30.7 Å². The van der Waals surface area contributed by atoms with Gasteiger partial charge in [-0.3, -0.25) is 0 Å². The molecule has 0 bridgehead atoms. The molecular formula is C16H24Br2N2. The van der Waals surface area contributed by atoms with E-state index in [1.165, 1.54) is 44.3 Å². The number of anilines is 1. The lowest BCUT2D eigenvalue weighted by atomic mass is 10.1. The van der Waals surface area contributed by atoms with E-state index in [1.54, 1.807) is 0 Å². The zero-order valence-corrected chi connectivity index (χ0v) is 15.4. The Hall–Kier alpha value is -0.480. The van der Waals surface area contributed by atoms with Crippen LogP contribution in [0.15, 0.2) is 41.1 Å². The molecule has 1 aromatic carbocycles. The van der Waals surface area contributed by atoms with Crippen LogP contribution in [0.4, 0.5) is 5.69 Å². The van der Waals surface area contributed by atoms with Crippen molar-refractivity contribution in [3.8, 4) is 0 Å². The van der Waals surface area contributed by atoms with E-state index < -0.39 is 0 Å². The van der Waals surface area contributed by atoms with Crippen LogP contribution in [0, 0.1) is 0 Å². The fraction of sp³-hybridized carbons (Fsp3) is 0.500. The molecule has 0 saturated carbocycles. The third kappa shape index (κ3) is 5.49. The van der Waals surface area contributed by atoms with E-state index in [-0.39, 0.29) is 17.0 Å². The lowest BCUT2D eigenvalue weighted by Crippen LogP contribution is -2.25. The van der Waals surface area contributed by atoms with E-state index in [1.807, 2.05) is 0 Å². The summed E-state index contributed by atoms with van der Waals surface area (Å²) in [6.45, 7) is 4.42. The molecule has 0 atom stereocenters. The smallest absolute Gasteiger partial charge is 0.0941 e. The highest BCUT2D eigenvalue weighted by atomic mass is 79.9. The molecule has 2 rings (SSSR count). The van der Waals surface area contributed by atoms with Crippen LogP contribution in [0.5, 0.6) is 0 Å². The SMILES string of the molecule is Br.CCCCCCCN1C=CN(c2ccc(Br)cc2)C1. The Bertz CT molecular complexity index is 403. The molecule has 1 aliphatic rings. The second-order valence-corrected chi connectivity index (χ2v) is 6.03. The van der Waals surface area contributed by atoms with Crippen LogP contribution in [0.1, 0.15) is 39.0 Å². The summed E-state index contributed by atoms with van der Waals surface area (Å²) in [6, 6.07) is 8.49. The predicted molar refractivity (Wildman–Crippen MR) is 96.4 cm³/mol. The van der Waals surface area contributed by atoms with Gasteiger partial charge in [-0.1, -0.05) is 48.5 Å². The molecule has 0 unspecified atom stereocenters. The summed E-state index contributed by atoms with van der Waals surface area (Å²) in [4.78, 5) is 4.69. The van der Waals surface area contributed by atoms with Crippen LogP contribution in [0.2, 0.25) is 0 Å². The van der Waals surface area contributed by atoms with Gasteiger partial charge in [0, 0.05) is 29.1 Å². The summed E-state index contributed by atoms with van der Waals surface area (Å²) in [5.74, 6) is 0. The van der Waals surface area contributed by atoms with Crippen LogP contribution in [-0.4, -0.2) is 18.1 Å². The average Bonchev–Trinajstić information content (AvgIpc) is 2.88. The fourth-order valence-electron chi connectivity index (χ4n) is 2.33. The van der Waals surface area contributed by atoms with Crippen molar-refractivity contribution >= 4 is 38.6 Å². The Morgan fingerprint density at radius 2 is 1.70 bits per heavy atom. The lowest BCUT2D eigenvalue weighted by molar-refractivity contribution is 0.389. The number of unbranched alkanes of at least 4 members (excludes halogenated alkanes) is 4. The minimum atomic E-state index is 0. The van der Waals surface area contributed by atoms with Gasteiger partial charge in [-0.15, -0.1) is 17.0 Å². The van der Waals surface area contributed by atoms with Gasteiger partial charge < -0.3 is 9.80 Å². The van der Waals surface area contributed by atoms with Crippen molar-refractivity contribution in [2.75, 3.05) is 18.1 Å². The van der Waals surface area contributed by atoms with Crippen molar-refractivity contribution in [1.29, 1.82) is 0 Å². The molecule has 0 saturated heterocycles. The summed E-state index contributed by atoms with van der Waals surface area (Å²) in [6.07, 6.45) is 11.1. The number of nitrogens with zero attached hydrogens (tertiary/aromatic N) is 2. The molecule has 1 aliphatic heterocycles. The van der Waals surface area contributed by atoms with E-state index in [4.69, 9.17) is 0 Å². The van der Waals surface area contributed by atoms with E-state index in [0.29, 0.717) is 0 Å². The maximum Gasteiger partial charge on any atom is 0.0941 e. The standard InChI is InChI=1S/C16H23BrN2.BrH/c1-2-3-4-5-6-11-18-12-13-19(14-18)16-9-7-15(17)8-10-16;/h7-10,12-13H,2-6,11,14H2,1H3;1H. The molecule has 2 nitrogen and oxygen atoms in total. The highest BCUT2D eigenvalue weighted by Crippen LogP contribution is 2.22. The molecule has 1 aromatic rings. The van der Waals surface area contributed by atoms with Gasteiger partial charge in [0.05, 0.1) is 6.67 Å². The van der Waals surface area contributed by atoms with E-state index in [2.05, 4.69) is 69.3 Å². The van der Waals surface area contributed by atoms with Crippen molar-refractivity contribution in [1.82, 2.24) is 4.90 Å². The lowest BCUT2D eigenvalue weighted by Gasteiger charge is -2.21. The fourth-order valence-corrected chi connectivity index (χ4v) is 2.59. The van der Waals surface area contributed by atoms with E-state index in [9.17, 15) is 0 Å². The summed E-state index contributed by atoms with van der Waals surface area (Å²) >= 11 is 3.47. The second-order valence-electron chi connectivity index (χ2n) is 5.11. The Morgan fingerprint density at radius 1 is 1.00 bits per heavy atom. The Balaban J connectivity index is 0.00000200. The van der Waals surface area contributed by atoms with Crippen molar-refractivity contribution in [3.63, 3.8) is 0 Å². The summed E-state index contributed by atoms with van der Waals surface area (Å²) < 4.78 is 1.13. The zero-order valence-electron chi connectivity index (χ0n) is 12.1. The summed E-state index contributed by atoms with van der Waals surface area (Å²) in [5, 5.41) is 0. The molecule has 112 valence electrons. The van der Waals surface area contributed by atoms with Gasteiger partial charge in [0.15, 0.2) is 0 Å². The van der Waals surface area contributed by atoms with Gasteiger partial charge in [0.2, 0.25) is 0 Å². The molecule has 1 heterocycles. The molecular weight excluding hydrogens is 380 g/mol. The van der Waals surface area contributed by atoms with Crippen LogP contribution in [-0.2, 0) is 0 Å². The highest BCUT2D eigenvalue weighted by Gasteiger charge is 2.12. The topological polar surface area (TPSA) is 6.48 Å². The number of hydrogen-bond donors (Lipinski definition) is 0. The normalized spacial score (nSPS) is 13.7. The number of halogens is 2. The minimum Gasteiger partial charge on any atom is -0.358 e. The third-order valence-electron chi connectivity index (χ3n) is 3.50. The first-order chi connectivity index (χ1) is 9.29. The van der Waals surface area contributed by atoms with Crippen molar-refractivity contribution in [2.24, 2.45) is 0 Å². The summed E-state index contributed by atoms with van der Waals surface area (Å²) in [7, 11) is 0. The van der Waals surface area contributed by atoms with Crippen LogP contribution < -0.4 is 4.90 Å². The Kier molecular flexibility index (Phi) is 8.31. The molecule has 4 heteroatoms. The molecule has 0 aliphatic carbocycles. The van der Waals surface area contributed by atoms with Crippen LogP contribution >= 0.6 is 32.9 Å². The van der Waals surface area contributed by atoms with Gasteiger partial charge in [-0.25, -0.2) is 0 Å². The van der Waals surface area contributed by atoms with Crippen LogP contribution in [0.3, 0.4) is 0 Å². The molecule has 0 N–H and O–H groups in total. The first-order valence-electron chi connectivity index (χ1n) is 7.24. The maximum absolute atomic E-state index is 3.47. The minimum absolute atomic E-state index is 0. The number of rotatable bonds is 7. The second kappa shape index (κ2) is 9.46. The van der Waals surface area contributed by atoms with Gasteiger partial charge in [-0.2, -0.15) is 0 Å². The first kappa shape index (κ1) is 17.6. The summed E-state index contributed by atoms with van der Waals surface area (Å²) in [5.41, 5.74) is 1.26. The third-order valence-corrected chi connectivity index (χ3v) is 4.03. The van der Waals surface area contributed by atoms with Gasteiger partial charge in [0.1, 0.15) is 0 Å². The monoisotopic (exact) mass is 402 g/mol. The number of benzene rings is 1. The van der Waals surface area contributed by atoms with Crippen molar-refractivity contribution in [3.05, 3.63) is 41.1 Å². The number of hydrogen-bond acceptors (Lipinski definition) is 2. The van der Waals surface area contributed by atoms with Crippen molar-refractivity contribution < 1.29 is 0 Å². The van der Waals surface area contributed by atoms with E-state index in [0.717, 1.165) is 11.1 Å². The molecule has 0 amide bonds. The van der Waals surface area contributed by atoms with E-state index >= 15 is 0 Å². The Morgan fingerprint density at radius 3 is 2.40 bits per heavy atom. The predicted octanol–water partition coefficient (Wildman–Crippen LogP) is 5.55. The quantitative estimate of drug-likeness (QED) is 0.550. The highest BCUT2D eigenvalue weighted by molar-refractivity contribution is 9.10. The zero-order chi connectivity index (χ0) is 13.5. The molecule has 0 radical (unpaired) electrons. The maximum atomic E-state index is 3.47. The first-order valence-corrected chi connectivity index (χ1v) is 8.03. The van der Waals surface area contributed by atoms with Gasteiger partial charge >= 0.3 is 0 Å². The average molecular weight is 404 g/mol. The molecule has 0 fully saturated rings. The van der Waals surface area contributed by atoms with Gasteiger partial charge in [0.25, 0.3) is 0 Å². The molecule has 0 spiro atoms. The van der Waals surface area contributed by atoms with Crippen molar-refractivity contribution in [2.45, 2.75) is 39.0 Å². The molecule has 0 aromatic heterocycles. The largest absolute Gasteiger partial charge is 0.358 e. The Labute approximate surface area is 141 Å². The molecule has 20 heavy (non-hydrogen) atoms.